The summed E-state index contributed by atoms with van der Waals surface area (Å²) in [6, 6.07) is 11.2. The van der Waals surface area contributed by atoms with Crippen LogP contribution in [0.5, 0.6) is 0 Å². The Hall–Kier alpha value is -3.37. The first-order valence-corrected chi connectivity index (χ1v) is 12.7. The van der Waals surface area contributed by atoms with Gasteiger partial charge in [-0.15, -0.1) is 23.7 Å². The number of pyridine rings is 1. The van der Waals surface area contributed by atoms with Crippen molar-refractivity contribution in [3.63, 3.8) is 0 Å². The number of hydrogen-bond acceptors (Lipinski definition) is 8. The van der Waals surface area contributed by atoms with E-state index in [1.54, 1.807) is 26.4 Å². The minimum atomic E-state index is -0.381. The molecule has 0 unspecified atom stereocenters. The van der Waals surface area contributed by atoms with Gasteiger partial charge < -0.3 is 19.7 Å². The van der Waals surface area contributed by atoms with Gasteiger partial charge in [0.1, 0.15) is 5.82 Å². The summed E-state index contributed by atoms with van der Waals surface area (Å²) in [5.74, 6) is -0.256. The fourth-order valence-electron chi connectivity index (χ4n) is 4.81. The van der Waals surface area contributed by atoms with Crippen LogP contribution >= 0.6 is 23.7 Å². The summed E-state index contributed by atoms with van der Waals surface area (Å²) in [6.45, 7) is 5.27. The van der Waals surface area contributed by atoms with Crippen LogP contribution in [0.1, 0.15) is 48.4 Å². The van der Waals surface area contributed by atoms with E-state index in [2.05, 4.69) is 15.2 Å². The lowest BCUT2D eigenvalue weighted by Gasteiger charge is -2.40. The van der Waals surface area contributed by atoms with Crippen molar-refractivity contribution in [3.8, 4) is 0 Å². The molecule has 2 aromatic heterocycles. The number of Topliss-reactive ketones (excluding diaryl/α,β-unsaturated/α-hetero) is 1. The number of thiophene rings is 1. The predicted molar refractivity (Wildman–Crippen MR) is 153 cm³/mol. The van der Waals surface area contributed by atoms with Crippen LogP contribution in [0.25, 0.3) is 21.0 Å². The van der Waals surface area contributed by atoms with Crippen LogP contribution in [-0.2, 0) is 16.1 Å². The van der Waals surface area contributed by atoms with Gasteiger partial charge >= 0.3 is 0 Å². The minimum Gasteiger partial charge on any atom is -0.380 e. The van der Waals surface area contributed by atoms with Crippen molar-refractivity contribution in [1.29, 1.82) is 0 Å². The second-order valence-electron chi connectivity index (χ2n) is 9.13. The highest BCUT2D eigenvalue weighted by Gasteiger charge is 2.28. The fraction of sp³-hybridized carbons (Fsp3) is 0.286. The Balaban J connectivity index is 0.00000336. The van der Waals surface area contributed by atoms with Crippen molar-refractivity contribution in [2.24, 2.45) is 0 Å². The number of carbonyl (C=O) groups is 3. The monoisotopic (exact) mass is 553 g/mol. The maximum Gasteiger partial charge on any atom is 0.267 e. The third kappa shape index (κ3) is 4.78. The Morgan fingerprint density at radius 1 is 1.21 bits per heavy atom. The lowest BCUT2D eigenvalue weighted by atomic mass is 10.0. The molecule has 1 aliphatic rings. The van der Waals surface area contributed by atoms with E-state index >= 15 is 0 Å². The molecule has 198 valence electrons. The van der Waals surface area contributed by atoms with Gasteiger partial charge in [0.25, 0.3) is 5.91 Å². The number of aryl methyl sites for hydroxylation is 1. The molecule has 0 aliphatic carbocycles. The molecular weight excluding hydrogens is 526 g/mol. The molecule has 2 aromatic carbocycles. The molecule has 0 atom stereocenters. The number of nitrogens with zero attached hydrogens (tertiary/aromatic N) is 2. The predicted octanol–water partition coefficient (Wildman–Crippen LogP) is 5.43. The van der Waals surface area contributed by atoms with Crippen LogP contribution in [0.3, 0.4) is 0 Å². The lowest BCUT2D eigenvalue weighted by Crippen LogP contribution is -2.51. The van der Waals surface area contributed by atoms with Crippen LogP contribution in [0.4, 0.5) is 11.5 Å². The highest BCUT2D eigenvalue weighted by Crippen LogP contribution is 2.37. The van der Waals surface area contributed by atoms with E-state index in [0.29, 0.717) is 34.4 Å². The Morgan fingerprint density at radius 3 is 2.63 bits per heavy atom. The molecular formula is C28H28ClN3O5S. The summed E-state index contributed by atoms with van der Waals surface area (Å²) in [5, 5.41) is 4.53. The molecule has 1 N–H and O–H groups in total. The Labute approximate surface area is 230 Å². The van der Waals surface area contributed by atoms with E-state index in [-0.39, 0.29) is 36.0 Å². The van der Waals surface area contributed by atoms with Crippen molar-refractivity contribution in [2.75, 3.05) is 37.5 Å². The number of rotatable bonds is 8. The number of carbonyl (C=O) groups excluding carboxylic acids is 3. The van der Waals surface area contributed by atoms with Gasteiger partial charge in [-0.25, -0.2) is 4.98 Å². The van der Waals surface area contributed by atoms with E-state index in [4.69, 9.17) is 9.47 Å². The molecule has 5 rings (SSSR count). The summed E-state index contributed by atoms with van der Waals surface area (Å²) in [5.41, 5.74) is 4.17. The number of aldehydes is 1. The number of methoxy groups -OCH3 is 2. The van der Waals surface area contributed by atoms with Crippen LogP contribution in [0, 0.1) is 6.92 Å². The zero-order chi connectivity index (χ0) is 26.3. The molecule has 0 spiro atoms. The van der Waals surface area contributed by atoms with Crippen LogP contribution in [0.2, 0.25) is 0 Å². The maximum absolute atomic E-state index is 13.5. The number of amides is 1. The van der Waals surface area contributed by atoms with Crippen molar-refractivity contribution < 1.29 is 23.9 Å². The van der Waals surface area contributed by atoms with Crippen molar-refractivity contribution >= 4 is 74.2 Å². The SMILES string of the molecule is COCc1ccc(C(C)=O)c2sc(C(=O)Nc3nc4cccc(N5CC(OC)C5)c4cc3C=O)c(C)c12.Cl. The summed E-state index contributed by atoms with van der Waals surface area (Å²) in [7, 11) is 3.30. The summed E-state index contributed by atoms with van der Waals surface area (Å²) in [4.78, 5) is 45.0. The molecule has 1 aliphatic heterocycles. The first-order chi connectivity index (χ1) is 17.9. The summed E-state index contributed by atoms with van der Waals surface area (Å²) >= 11 is 1.26. The Bertz CT molecular complexity index is 1560. The average molecular weight is 554 g/mol. The lowest BCUT2D eigenvalue weighted by molar-refractivity contribution is 0.0789. The normalized spacial score (nSPS) is 13.3. The number of ketones is 1. The highest BCUT2D eigenvalue weighted by atomic mass is 35.5. The van der Waals surface area contributed by atoms with E-state index in [0.717, 1.165) is 45.4 Å². The number of anilines is 2. The standard InChI is InChI=1S/C28H27N3O5S.ClH/c1-15-24-17(14-35-3)8-9-20(16(2)33)26(24)37-25(15)28(34)30-27-18(13-32)10-21-22(29-27)6-5-7-23(21)31-11-19(12-31)36-4;/h5-10,13,19H,11-12,14H2,1-4H3,(H,29,30,34);1H. The number of halogens is 1. The van der Waals surface area contributed by atoms with Crippen molar-refractivity contribution in [3.05, 3.63) is 63.5 Å². The highest BCUT2D eigenvalue weighted by molar-refractivity contribution is 7.21. The third-order valence-corrected chi connectivity index (χ3v) is 8.12. The van der Waals surface area contributed by atoms with E-state index in [1.165, 1.54) is 18.3 Å². The summed E-state index contributed by atoms with van der Waals surface area (Å²) < 4.78 is 11.5. The summed E-state index contributed by atoms with van der Waals surface area (Å²) in [6.07, 6.45) is 0.889. The molecule has 0 saturated carbocycles. The van der Waals surface area contributed by atoms with E-state index < -0.39 is 0 Å². The van der Waals surface area contributed by atoms with Crippen LogP contribution in [-0.4, -0.2) is 56.4 Å². The van der Waals surface area contributed by atoms with Gasteiger partial charge in [-0.05, 0) is 49.2 Å². The third-order valence-electron chi connectivity index (χ3n) is 6.80. The van der Waals surface area contributed by atoms with Gasteiger partial charge in [0.2, 0.25) is 0 Å². The molecule has 3 heterocycles. The second-order valence-corrected chi connectivity index (χ2v) is 10.1. The van der Waals surface area contributed by atoms with Crippen LogP contribution in [0.15, 0.2) is 36.4 Å². The smallest absolute Gasteiger partial charge is 0.267 e. The van der Waals surface area contributed by atoms with E-state index in [1.807, 2.05) is 31.2 Å². The molecule has 0 radical (unpaired) electrons. The molecule has 0 bridgehead atoms. The molecule has 1 amide bonds. The van der Waals surface area contributed by atoms with Gasteiger partial charge in [-0.1, -0.05) is 12.1 Å². The van der Waals surface area contributed by atoms with Gasteiger partial charge in [-0.2, -0.15) is 0 Å². The fourth-order valence-corrected chi connectivity index (χ4v) is 6.12. The molecule has 4 aromatic rings. The number of hydrogen-bond donors (Lipinski definition) is 1. The number of benzene rings is 2. The zero-order valence-corrected chi connectivity index (χ0v) is 23.1. The average Bonchev–Trinajstić information content (AvgIpc) is 3.21. The molecule has 1 saturated heterocycles. The number of aromatic nitrogens is 1. The first-order valence-electron chi connectivity index (χ1n) is 11.9. The minimum absolute atomic E-state index is 0. The number of fused-ring (bicyclic) bond motifs is 2. The number of nitrogens with one attached hydrogen (secondary N) is 1. The Morgan fingerprint density at radius 2 is 1.97 bits per heavy atom. The Kier molecular flexibility index (Phi) is 8.13. The molecule has 1 fully saturated rings. The maximum atomic E-state index is 13.5. The van der Waals surface area contributed by atoms with Crippen LogP contribution < -0.4 is 10.2 Å². The largest absolute Gasteiger partial charge is 0.380 e. The molecule has 10 heteroatoms. The zero-order valence-electron chi connectivity index (χ0n) is 21.5. The van der Waals surface area contributed by atoms with Crippen molar-refractivity contribution in [1.82, 2.24) is 4.98 Å². The van der Waals surface area contributed by atoms with E-state index in [9.17, 15) is 14.4 Å². The van der Waals surface area contributed by atoms with Gasteiger partial charge in [0, 0.05) is 54.0 Å². The topological polar surface area (TPSA) is 97.8 Å². The first kappa shape index (κ1) is 27.7. The molecule has 8 nitrogen and oxygen atoms in total. The quantitative estimate of drug-likeness (QED) is 0.229. The van der Waals surface area contributed by atoms with Gasteiger partial charge in [0.05, 0.1) is 28.7 Å². The van der Waals surface area contributed by atoms with Gasteiger partial charge in [0.15, 0.2) is 12.1 Å². The second kappa shape index (κ2) is 11.2. The number of ether oxygens (including phenoxy) is 2. The van der Waals surface area contributed by atoms with Crippen molar-refractivity contribution in [2.45, 2.75) is 26.6 Å². The van der Waals surface area contributed by atoms with Gasteiger partial charge in [-0.3, -0.25) is 14.4 Å². The molecule has 38 heavy (non-hydrogen) atoms.